The predicted octanol–water partition coefficient (Wildman–Crippen LogP) is 1.55. The third kappa shape index (κ3) is 1.96. The van der Waals surface area contributed by atoms with Crippen LogP contribution in [-0.4, -0.2) is 41.4 Å². The number of nitrogens with zero attached hydrogens (tertiary/aromatic N) is 1. The number of carbonyl (C=O) groups is 1. The summed E-state index contributed by atoms with van der Waals surface area (Å²) in [5.74, 6) is 0.212. The number of likely N-dealkylation sites (tertiary alicyclic amines) is 1. The molecule has 2 saturated heterocycles. The van der Waals surface area contributed by atoms with Crippen molar-refractivity contribution in [2.45, 2.75) is 37.8 Å². The van der Waals surface area contributed by atoms with Crippen LogP contribution in [0, 0.1) is 0 Å². The molecule has 0 bridgehead atoms. The van der Waals surface area contributed by atoms with Gasteiger partial charge in [0.2, 0.25) is 0 Å². The number of hydrogen-bond donors (Lipinski definition) is 0. The third-order valence-corrected chi connectivity index (χ3v) is 3.79. The number of rotatable bonds is 2. The summed E-state index contributed by atoms with van der Waals surface area (Å²) in [4.78, 5) is 14.0. The second-order valence-corrected chi connectivity index (χ2v) is 4.63. The fourth-order valence-corrected chi connectivity index (χ4v) is 2.92. The summed E-state index contributed by atoms with van der Waals surface area (Å²) in [5, 5.41) is 0.894. The van der Waals surface area contributed by atoms with Crippen molar-refractivity contribution in [1.82, 2.24) is 4.90 Å². The normalized spacial score (nSPS) is 32.5. The van der Waals surface area contributed by atoms with Gasteiger partial charge in [0.15, 0.2) is 0 Å². The molecule has 0 aliphatic carbocycles. The van der Waals surface area contributed by atoms with Crippen LogP contribution in [0.1, 0.15) is 25.7 Å². The highest BCUT2D eigenvalue weighted by molar-refractivity contribution is 9.09. The standard InChI is InChI=1S/C10H16BrNO2/c11-7-8-3-1-5-12(8)10(13)9-4-2-6-14-9/h8-9H,1-7H2. The Labute approximate surface area is 92.9 Å². The largest absolute Gasteiger partial charge is 0.368 e. The van der Waals surface area contributed by atoms with Crippen LogP contribution < -0.4 is 0 Å². The minimum absolute atomic E-state index is 0.144. The molecule has 0 N–H and O–H groups in total. The van der Waals surface area contributed by atoms with Gasteiger partial charge in [0, 0.05) is 24.5 Å². The molecule has 0 spiro atoms. The van der Waals surface area contributed by atoms with Gasteiger partial charge in [-0.15, -0.1) is 0 Å². The lowest BCUT2D eigenvalue weighted by Gasteiger charge is -2.25. The van der Waals surface area contributed by atoms with E-state index in [0.29, 0.717) is 6.04 Å². The van der Waals surface area contributed by atoms with E-state index in [0.717, 1.165) is 44.2 Å². The van der Waals surface area contributed by atoms with Gasteiger partial charge in [-0.3, -0.25) is 4.79 Å². The van der Waals surface area contributed by atoms with Crippen molar-refractivity contribution in [2.75, 3.05) is 18.5 Å². The molecule has 2 aliphatic heterocycles. The Hall–Kier alpha value is -0.0900. The summed E-state index contributed by atoms with van der Waals surface area (Å²) in [6.07, 6.45) is 4.06. The zero-order chi connectivity index (χ0) is 9.97. The zero-order valence-electron chi connectivity index (χ0n) is 8.25. The lowest BCUT2D eigenvalue weighted by molar-refractivity contribution is -0.141. The summed E-state index contributed by atoms with van der Waals surface area (Å²) < 4.78 is 5.41. The molecule has 2 fully saturated rings. The molecule has 0 aromatic heterocycles. The molecule has 0 radical (unpaired) electrons. The van der Waals surface area contributed by atoms with Crippen molar-refractivity contribution >= 4 is 21.8 Å². The number of alkyl halides is 1. The first-order chi connectivity index (χ1) is 6.83. The molecule has 2 unspecified atom stereocenters. The van der Waals surface area contributed by atoms with Gasteiger partial charge in [-0.2, -0.15) is 0 Å². The Morgan fingerprint density at radius 3 is 2.93 bits per heavy atom. The first-order valence-corrected chi connectivity index (χ1v) is 6.43. The van der Waals surface area contributed by atoms with Gasteiger partial charge in [-0.05, 0) is 25.7 Å². The van der Waals surface area contributed by atoms with Crippen LogP contribution in [0.3, 0.4) is 0 Å². The van der Waals surface area contributed by atoms with E-state index >= 15 is 0 Å². The minimum atomic E-state index is -0.144. The second kappa shape index (κ2) is 4.62. The Bertz CT molecular complexity index is 216. The predicted molar refractivity (Wildman–Crippen MR) is 57.5 cm³/mol. The Kier molecular flexibility index (Phi) is 3.44. The average Bonchev–Trinajstić information content (AvgIpc) is 2.87. The van der Waals surface area contributed by atoms with Crippen molar-refractivity contribution in [2.24, 2.45) is 0 Å². The van der Waals surface area contributed by atoms with Gasteiger partial charge < -0.3 is 9.64 Å². The maximum Gasteiger partial charge on any atom is 0.251 e. The quantitative estimate of drug-likeness (QED) is 0.707. The summed E-state index contributed by atoms with van der Waals surface area (Å²) in [6, 6.07) is 0.395. The summed E-state index contributed by atoms with van der Waals surface area (Å²) >= 11 is 3.46. The van der Waals surface area contributed by atoms with Crippen LogP contribution in [0.25, 0.3) is 0 Å². The highest BCUT2D eigenvalue weighted by Crippen LogP contribution is 2.23. The van der Waals surface area contributed by atoms with Gasteiger partial charge >= 0.3 is 0 Å². The van der Waals surface area contributed by atoms with E-state index in [1.54, 1.807) is 0 Å². The van der Waals surface area contributed by atoms with Crippen LogP contribution in [0.15, 0.2) is 0 Å². The van der Waals surface area contributed by atoms with Crippen molar-refractivity contribution < 1.29 is 9.53 Å². The van der Waals surface area contributed by atoms with E-state index in [9.17, 15) is 4.79 Å². The fourth-order valence-electron chi connectivity index (χ4n) is 2.24. The van der Waals surface area contributed by atoms with Crippen LogP contribution >= 0.6 is 15.9 Å². The van der Waals surface area contributed by atoms with Crippen LogP contribution in [0.5, 0.6) is 0 Å². The van der Waals surface area contributed by atoms with Gasteiger partial charge in [0.1, 0.15) is 6.10 Å². The van der Waals surface area contributed by atoms with E-state index in [2.05, 4.69) is 15.9 Å². The molecule has 0 saturated carbocycles. The van der Waals surface area contributed by atoms with Crippen LogP contribution in [0.4, 0.5) is 0 Å². The van der Waals surface area contributed by atoms with E-state index in [1.807, 2.05) is 4.90 Å². The molecule has 2 heterocycles. The van der Waals surface area contributed by atoms with E-state index in [-0.39, 0.29) is 12.0 Å². The molecular formula is C10H16BrNO2. The summed E-state index contributed by atoms with van der Waals surface area (Å²) in [7, 11) is 0. The van der Waals surface area contributed by atoms with E-state index in [1.165, 1.54) is 0 Å². The number of amides is 1. The van der Waals surface area contributed by atoms with Crippen LogP contribution in [0.2, 0.25) is 0 Å². The molecule has 4 heteroatoms. The smallest absolute Gasteiger partial charge is 0.251 e. The minimum Gasteiger partial charge on any atom is -0.368 e. The van der Waals surface area contributed by atoms with Crippen molar-refractivity contribution in [3.05, 3.63) is 0 Å². The molecule has 3 nitrogen and oxygen atoms in total. The first kappa shape index (κ1) is 10.4. The number of hydrogen-bond acceptors (Lipinski definition) is 2. The molecule has 80 valence electrons. The Morgan fingerprint density at radius 2 is 2.29 bits per heavy atom. The Balaban J connectivity index is 1.95. The highest BCUT2D eigenvalue weighted by atomic mass is 79.9. The molecule has 1 amide bonds. The van der Waals surface area contributed by atoms with Gasteiger partial charge in [0.05, 0.1) is 0 Å². The monoisotopic (exact) mass is 261 g/mol. The number of ether oxygens (including phenoxy) is 1. The maximum absolute atomic E-state index is 12.0. The van der Waals surface area contributed by atoms with Crippen molar-refractivity contribution in [3.8, 4) is 0 Å². The Morgan fingerprint density at radius 1 is 1.43 bits per heavy atom. The third-order valence-electron chi connectivity index (χ3n) is 3.04. The maximum atomic E-state index is 12.0. The average molecular weight is 262 g/mol. The second-order valence-electron chi connectivity index (χ2n) is 3.98. The summed E-state index contributed by atoms with van der Waals surface area (Å²) in [6.45, 7) is 1.66. The first-order valence-electron chi connectivity index (χ1n) is 5.31. The summed E-state index contributed by atoms with van der Waals surface area (Å²) in [5.41, 5.74) is 0. The molecule has 0 aromatic carbocycles. The SMILES string of the molecule is O=C(C1CCCO1)N1CCCC1CBr. The number of carbonyl (C=O) groups excluding carboxylic acids is 1. The van der Waals surface area contributed by atoms with Crippen molar-refractivity contribution in [1.29, 1.82) is 0 Å². The lowest BCUT2D eigenvalue weighted by Crippen LogP contribution is -2.42. The van der Waals surface area contributed by atoms with Crippen LogP contribution in [-0.2, 0) is 9.53 Å². The molecule has 2 rings (SSSR count). The van der Waals surface area contributed by atoms with Gasteiger partial charge in [0.25, 0.3) is 5.91 Å². The molecule has 0 aromatic rings. The van der Waals surface area contributed by atoms with Gasteiger partial charge in [-0.25, -0.2) is 0 Å². The van der Waals surface area contributed by atoms with E-state index < -0.39 is 0 Å². The molecule has 2 atom stereocenters. The van der Waals surface area contributed by atoms with Gasteiger partial charge in [-0.1, -0.05) is 15.9 Å². The number of halogens is 1. The van der Waals surface area contributed by atoms with E-state index in [4.69, 9.17) is 4.74 Å². The topological polar surface area (TPSA) is 29.5 Å². The molecule has 14 heavy (non-hydrogen) atoms. The molecule has 2 aliphatic rings. The lowest BCUT2D eigenvalue weighted by atomic mass is 10.2. The highest BCUT2D eigenvalue weighted by Gasteiger charge is 2.34. The fraction of sp³-hybridized carbons (Fsp3) is 0.900. The zero-order valence-corrected chi connectivity index (χ0v) is 9.83. The molecular weight excluding hydrogens is 246 g/mol. The van der Waals surface area contributed by atoms with Crippen molar-refractivity contribution in [3.63, 3.8) is 0 Å².